The van der Waals surface area contributed by atoms with E-state index < -0.39 is 31.6 Å². The third kappa shape index (κ3) is 9.75. The number of fused-ring (bicyclic) bond motifs is 1. The van der Waals surface area contributed by atoms with Crippen LogP contribution < -0.4 is 10.8 Å². The molecule has 13 heteroatoms. The molecule has 2 unspecified atom stereocenters. The molecule has 0 amide bonds. The van der Waals surface area contributed by atoms with Crippen molar-refractivity contribution in [3.8, 4) is 0 Å². The maximum Gasteiger partial charge on any atom is 0.364 e. The maximum absolute atomic E-state index is 14.4. The van der Waals surface area contributed by atoms with Crippen LogP contribution in [0, 0.1) is 23.7 Å². The van der Waals surface area contributed by atoms with E-state index in [1.54, 1.807) is 17.8 Å². The van der Waals surface area contributed by atoms with E-state index >= 15 is 0 Å². The number of anilines is 1. The van der Waals surface area contributed by atoms with Crippen molar-refractivity contribution in [2.45, 2.75) is 105 Å². The molecule has 0 aliphatic heterocycles. The molecule has 3 rings (SSSR count). The number of nitrogens with one attached hydrogen (secondary N) is 1. The van der Waals surface area contributed by atoms with Gasteiger partial charge in [-0.25, -0.2) is 20.0 Å². The Bertz CT molecular complexity index is 1200. The SMILES string of the molecule is CC(C)CC(CC(C)C)=NO[P@](=O)(CO[C@H](C)Cn1cnc2c(N)ncnc21)NC(C1CCCCC1)C(C)C(=O)O. The first kappa shape index (κ1) is 32.9. The number of ether oxygens (including phenoxy) is 1. The molecular weight excluding hydrogens is 545 g/mol. The van der Waals surface area contributed by atoms with Crippen LogP contribution in [0.2, 0.25) is 0 Å². The number of imidazole rings is 1. The molecule has 0 aromatic carbocycles. The summed E-state index contributed by atoms with van der Waals surface area (Å²) in [6.07, 6.45) is 8.67. The fraction of sp³-hybridized carbons (Fsp3) is 0.750. The normalized spacial score (nSPS) is 18.2. The minimum absolute atomic E-state index is 0.0708. The fourth-order valence-electron chi connectivity index (χ4n) is 5.40. The predicted octanol–water partition coefficient (Wildman–Crippen LogP) is 5.69. The molecule has 0 radical (unpaired) electrons. The molecule has 2 aromatic heterocycles. The number of hydrogen-bond donors (Lipinski definition) is 3. The van der Waals surface area contributed by atoms with E-state index in [0.29, 0.717) is 48.2 Å². The molecule has 1 aliphatic carbocycles. The van der Waals surface area contributed by atoms with Gasteiger partial charge in [0.05, 0.1) is 30.6 Å². The number of carboxylic acid groups (broad SMARTS) is 1. The van der Waals surface area contributed by atoms with E-state index in [4.69, 9.17) is 15.1 Å². The van der Waals surface area contributed by atoms with Gasteiger partial charge >= 0.3 is 13.5 Å². The number of hydrogen-bond acceptors (Lipinski definition) is 9. The highest BCUT2D eigenvalue weighted by Gasteiger charge is 2.39. The van der Waals surface area contributed by atoms with Gasteiger partial charge in [-0.15, -0.1) is 0 Å². The summed E-state index contributed by atoms with van der Waals surface area (Å²) in [6.45, 7) is 12.3. The number of nitrogens with zero attached hydrogens (tertiary/aromatic N) is 5. The Morgan fingerprint density at radius 2 is 1.78 bits per heavy atom. The largest absolute Gasteiger partial charge is 0.481 e. The average molecular weight is 594 g/mol. The first-order valence-electron chi connectivity index (χ1n) is 14.8. The molecule has 12 nitrogen and oxygen atoms in total. The van der Waals surface area contributed by atoms with Crippen molar-refractivity contribution in [1.29, 1.82) is 0 Å². The lowest BCUT2D eigenvalue weighted by molar-refractivity contribution is -0.142. The van der Waals surface area contributed by atoms with Crippen LogP contribution in [0.15, 0.2) is 17.8 Å². The predicted molar refractivity (Wildman–Crippen MR) is 160 cm³/mol. The number of nitrogens with two attached hydrogens (primary N) is 1. The third-order valence-electron chi connectivity index (χ3n) is 7.43. The lowest BCUT2D eigenvalue weighted by Crippen LogP contribution is -2.44. The van der Waals surface area contributed by atoms with Gasteiger partial charge in [0, 0.05) is 6.04 Å². The zero-order valence-electron chi connectivity index (χ0n) is 25.3. The number of nitrogen functional groups attached to an aromatic ring is 1. The van der Waals surface area contributed by atoms with Crippen LogP contribution in [-0.2, 0) is 25.3 Å². The summed E-state index contributed by atoms with van der Waals surface area (Å²) in [5, 5.41) is 17.5. The van der Waals surface area contributed by atoms with Crippen LogP contribution >= 0.6 is 7.52 Å². The highest BCUT2D eigenvalue weighted by molar-refractivity contribution is 7.56. The minimum atomic E-state index is -3.77. The molecule has 4 N–H and O–H groups in total. The average Bonchev–Trinajstić information content (AvgIpc) is 3.33. The Hall–Kier alpha value is -2.56. The number of oxime groups is 1. The van der Waals surface area contributed by atoms with Crippen LogP contribution in [0.4, 0.5) is 5.82 Å². The van der Waals surface area contributed by atoms with Gasteiger partial charge in [-0.1, -0.05) is 59.0 Å². The second-order valence-electron chi connectivity index (χ2n) is 12.2. The van der Waals surface area contributed by atoms with E-state index in [1.807, 2.05) is 6.92 Å². The molecule has 0 spiro atoms. The molecule has 1 fully saturated rings. The van der Waals surface area contributed by atoms with Gasteiger partial charge in [-0.05, 0) is 50.4 Å². The maximum atomic E-state index is 14.4. The van der Waals surface area contributed by atoms with Gasteiger partial charge in [0.25, 0.3) is 0 Å². The molecule has 1 aliphatic rings. The Labute approximate surface area is 243 Å². The summed E-state index contributed by atoms with van der Waals surface area (Å²) < 4.78 is 28.2. The van der Waals surface area contributed by atoms with Crippen molar-refractivity contribution in [1.82, 2.24) is 24.6 Å². The number of rotatable bonds is 16. The Balaban J connectivity index is 1.84. The first-order valence-corrected chi connectivity index (χ1v) is 16.6. The smallest absolute Gasteiger partial charge is 0.364 e. The molecule has 0 saturated heterocycles. The van der Waals surface area contributed by atoms with E-state index in [2.05, 4.69) is 52.9 Å². The van der Waals surface area contributed by atoms with Crippen molar-refractivity contribution >= 4 is 36.2 Å². The van der Waals surface area contributed by atoms with Crippen molar-refractivity contribution < 1.29 is 23.8 Å². The number of aromatic nitrogens is 4. The van der Waals surface area contributed by atoms with Crippen LogP contribution in [-0.4, -0.2) is 54.8 Å². The highest BCUT2D eigenvalue weighted by atomic mass is 31.2. The van der Waals surface area contributed by atoms with Crippen molar-refractivity contribution in [3.63, 3.8) is 0 Å². The first-order chi connectivity index (χ1) is 19.4. The lowest BCUT2D eigenvalue weighted by atomic mass is 9.79. The van der Waals surface area contributed by atoms with Gasteiger partial charge in [-0.2, -0.15) is 0 Å². The van der Waals surface area contributed by atoms with Crippen LogP contribution in [0.1, 0.15) is 86.5 Å². The topological polar surface area (TPSA) is 167 Å². The summed E-state index contributed by atoms with van der Waals surface area (Å²) in [5.74, 6) is -0.631. The second kappa shape index (κ2) is 15.1. The molecule has 2 aromatic rings. The number of carbonyl (C=O) groups is 1. The molecule has 230 valence electrons. The van der Waals surface area contributed by atoms with Gasteiger partial charge in [0.2, 0.25) is 0 Å². The second-order valence-corrected chi connectivity index (χ2v) is 14.2. The minimum Gasteiger partial charge on any atom is -0.481 e. The molecule has 41 heavy (non-hydrogen) atoms. The van der Waals surface area contributed by atoms with Crippen molar-refractivity contribution in [2.75, 3.05) is 12.1 Å². The number of aliphatic carboxylic acids is 1. The van der Waals surface area contributed by atoms with Gasteiger partial charge < -0.3 is 24.8 Å². The van der Waals surface area contributed by atoms with E-state index in [-0.39, 0.29) is 12.3 Å². The standard InChI is InChI=1S/C28H48N7O5P/c1-18(2)12-23(13-19(3)4)33-40-41(38,34-24(21(6)28(36)37)22-10-8-7-9-11-22)17-39-20(5)14-35-16-32-25-26(29)30-15-31-27(25)35/h15-16,18-22,24H,7-14,17H2,1-6H3,(H,34,38)(H,36,37)(H2,29,30,31)/t20-,21?,24?,41-/m1/s1. The van der Waals surface area contributed by atoms with Gasteiger partial charge in [0.1, 0.15) is 18.2 Å². The van der Waals surface area contributed by atoms with E-state index in [0.717, 1.165) is 37.8 Å². The summed E-state index contributed by atoms with van der Waals surface area (Å²) in [7, 11) is -3.77. The van der Waals surface area contributed by atoms with E-state index in [1.165, 1.54) is 6.33 Å². The molecule has 1 saturated carbocycles. The summed E-state index contributed by atoms with van der Waals surface area (Å²) in [6, 6.07) is -0.538. The quantitative estimate of drug-likeness (QED) is 0.125. The molecule has 4 atom stereocenters. The Morgan fingerprint density at radius 3 is 2.39 bits per heavy atom. The molecular formula is C28H48N7O5P. The zero-order valence-corrected chi connectivity index (χ0v) is 26.2. The Kier molecular flexibility index (Phi) is 12.1. The van der Waals surface area contributed by atoms with Crippen LogP contribution in [0.25, 0.3) is 11.2 Å². The van der Waals surface area contributed by atoms with Crippen LogP contribution in [0.3, 0.4) is 0 Å². The molecule has 0 bridgehead atoms. The lowest BCUT2D eigenvalue weighted by Gasteiger charge is -2.35. The highest BCUT2D eigenvalue weighted by Crippen LogP contribution is 2.46. The van der Waals surface area contributed by atoms with Crippen molar-refractivity contribution in [2.24, 2.45) is 28.8 Å². The molecule has 2 heterocycles. The van der Waals surface area contributed by atoms with Crippen LogP contribution in [0.5, 0.6) is 0 Å². The van der Waals surface area contributed by atoms with Crippen molar-refractivity contribution in [3.05, 3.63) is 12.7 Å². The fourth-order valence-corrected chi connectivity index (χ4v) is 7.15. The monoisotopic (exact) mass is 593 g/mol. The summed E-state index contributed by atoms with van der Waals surface area (Å²) in [5.41, 5.74) is 7.82. The van der Waals surface area contributed by atoms with Gasteiger partial charge in [0.15, 0.2) is 11.5 Å². The Morgan fingerprint density at radius 1 is 1.12 bits per heavy atom. The summed E-state index contributed by atoms with van der Waals surface area (Å²) >= 11 is 0. The number of carboxylic acids is 1. The van der Waals surface area contributed by atoms with Gasteiger partial charge in [-0.3, -0.25) is 9.36 Å². The zero-order chi connectivity index (χ0) is 30.2. The third-order valence-corrected chi connectivity index (χ3v) is 8.96. The summed E-state index contributed by atoms with van der Waals surface area (Å²) in [4.78, 5) is 24.6. The van der Waals surface area contributed by atoms with E-state index in [9.17, 15) is 14.5 Å².